The molecule has 0 bridgehead atoms. The van der Waals surface area contributed by atoms with Crippen LogP contribution in [0.15, 0.2) is 25.3 Å². The quantitative estimate of drug-likeness (QED) is 0.435. The van der Waals surface area contributed by atoms with Gasteiger partial charge in [-0.05, 0) is 6.26 Å². The maximum absolute atomic E-state index is 3.72. The Hall–Kier alpha value is 0.362. The summed E-state index contributed by atoms with van der Waals surface area (Å²) in [4.78, 5) is 0. The first-order valence-corrected chi connectivity index (χ1v) is 7.43. The molecule has 0 unspecified atom stereocenters. The molecule has 0 aliphatic carbocycles. The van der Waals surface area contributed by atoms with Gasteiger partial charge in [0, 0.05) is 0 Å². The second kappa shape index (κ2) is 6.48. The number of rotatable bonds is 5. The van der Waals surface area contributed by atoms with E-state index in [1.807, 2.05) is 22.3 Å². The van der Waals surface area contributed by atoms with Crippen LogP contribution in [-0.2, 0) is 0 Å². The van der Waals surface area contributed by atoms with E-state index in [-0.39, 0.29) is 0 Å². The predicted octanol–water partition coefficient (Wildman–Crippen LogP) is 2.71. The van der Waals surface area contributed by atoms with Crippen LogP contribution >= 0.6 is 10.1 Å². The first-order valence-electron chi connectivity index (χ1n) is 3.09. The van der Waals surface area contributed by atoms with Gasteiger partial charge in [0.2, 0.25) is 0 Å². The van der Waals surface area contributed by atoms with Crippen LogP contribution in [0.3, 0.4) is 0 Å². The summed E-state index contributed by atoms with van der Waals surface area (Å²) in [5.74, 6) is 0. The zero-order valence-corrected chi connectivity index (χ0v) is 7.94. The van der Waals surface area contributed by atoms with Crippen LogP contribution in [0.5, 0.6) is 0 Å². The topological polar surface area (TPSA) is 0 Å². The zero-order valence-electron chi connectivity index (χ0n) is 5.97. The molecule has 0 aliphatic heterocycles. The van der Waals surface area contributed by atoms with Gasteiger partial charge in [0.05, 0.1) is 0 Å². The van der Waals surface area contributed by atoms with Gasteiger partial charge < -0.3 is 0 Å². The lowest BCUT2D eigenvalue weighted by molar-refractivity contribution is 1.59. The van der Waals surface area contributed by atoms with Gasteiger partial charge in [0.25, 0.3) is 0 Å². The molecule has 0 heterocycles. The minimum atomic E-state index is -0.532. The van der Waals surface area contributed by atoms with E-state index in [9.17, 15) is 0 Å². The smallest absolute Gasteiger partial charge is 0.258 e. The predicted molar refractivity (Wildman–Crippen MR) is 49.3 cm³/mol. The molecular weight excluding hydrogens is 143 g/mol. The van der Waals surface area contributed by atoms with Gasteiger partial charge in [-0.25, -0.2) is 0 Å². The van der Waals surface area contributed by atoms with Crippen molar-refractivity contribution in [3.8, 4) is 0 Å². The molecule has 0 nitrogen and oxygen atoms in total. The van der Waals surface area contributed by atoms with E-state index in [0.29, 0.717) is 0 Å². The summed E-state index contributed by atoms with van der Waals surface area (Å²) in [6, 6.07) is 0. The molecule has 0 atom stereocenters. The Morgan fingerprint density at radius 3 is 2.00 bits per heavy atom. The fraction of sp³-hybridized carbons (Fsp3) is 0.429. The molecule has 2 heteroatoms. The van der Waals surface area contributed by atoms with Crippen molar-refractivity contribution in [2.75, 3.05) is 6.26 Å². The van der Waals surface area contributed by atoms with Crippen LogP contribution in [-0.4, -0.2) is 19.3 Å². The SMILES string of the molecule is C=C[CH2][Al]([CH2]C=C)[S]C. The summed E-state index contributed by atoms with van der Waals surface area (Å²) >= 11 is -0.532. The van der Waals surface area contributed by atoms with Crippen molar-refractivity contribution < 1.29 is 0 Å². The summed E-state index contributed by atoms with van der Waals surface area (Å²) in [7, 11) is 2.02. The van der Waals surface area contributed by atoms with E-state index in [1.165, 1.54) is 10.6 Å². The van der Waals surface area contributed by atoms with E-state index in [0.717, 1.165) is 0 Å². The van der Waals surface area contributed by atoms with Crippen molar-refractivity contribution in [2.24, 2.45) is 0 Å². The van der Waals surface area contributed by atoms with Crippen molar-refractivity contribution in [1.29, 1.82) is 0 Å². The summed E-state index contributed by atoms with van der Waals surface area (Å²) in [6.07, 6.45) is 6.23. The summed E-state index contributed by atoms with van der Waals surface area (Å²) < 4.78 is 0. The van der Waals surface area contributed by atoms with E-state index in [1.54, 1.807) is 0 Å². The molecule has 0 saturated carbocycles. The summed E-state index contributed by atoms with van der Waals surface area (Å²) in [6.45, 7) is 7.44. The van der Waals surface area contributed by atoms with Crippen LogP contribution in [0.4, 0.5) is 0 Å². The number of hydrogen-bond acceptors (Lipinski definition) is 1. The maximum Gasteiger partial charge on any atom is 0.356 e. The van der Waals surface area contributed by atoms with Crippen LogP contribution in [0.2, 0.25) is 10.6 Å². The maximum atomic E-state index is 3.72. The average Bonchev–Trinajstić information content (AvgIpc) is 1.88. The highest BCUT2D eigenvalue weighted by molar-refractivity contribution is 8.25. The normalized spacial score (nSPS) is 8.56. The third-order valence-electron chi connectivity index (χ3n) is 1.19. The highest BCUT2D eigenvalue weighted by Crippen LogP contribution is 2.12. The molecule has 9 heavy (non-hydrogen) atoms. The molecule has 0 rings (SSSR count). The summed E-state index contributed by atoms with van der Waals surface area (Å²) in [5.41, 5.74) is 0. The Kier molecular flexibility index (Phi) is 6.74. The van der Waals surface area contributed by atoms with Crippen LogP contribution < -0.4 is 0 Å². The molecule has 0 radical (unpaired) electrons. The van der Waals surface area contributed by atoms with Crippen LogP contribution in [0.25, 0.3) is 0 Å². The first-order chi connectivity index (χ1) is 4.35. The average molecular weight is 156 g/mol. The van der Waals surface area contributed by atoms with E-state index in [4.69, 9.17) is 0 Å². The standard InChI is InChI=1S/2C3H5.CH4S.Al/c2*1-3-2;1-2;/h2*3H,1-2H2;2H,1H3;/q;;;+1/p-1. The van der Waals surface area contributed by atoms with Crippen molar-refractivity contribution >= 4 is 23.1 Å². The largest absolute Gasteiger partial charge is 0.356 e. The minimum absolute atomic E-state index is 0.532. The highest BCUT2D eigenvalue weighted by Gasteiger charge is 2.10. The minimum Gasteiger partial charge on any atom is -0.258 e. The van der Waals surface area contributed by atoms with Crippen molar-refractivity contribution in [2.45, 2.75) is 10.6 Å². The lowest BCUT2D eigenvalue weighted by Gasteiger charge is -1.99. The van der Waals surface area contributed by atoms with Gasteiger partial charge in [0.1, 0.15) is 0 Å². The number of hydrogen-bond donors (Lipinski definition) is 0. The molecular formula is C7H13AlS. The van der Waals surface area contributed by atoms with E-state index >= 15 is 0 Å². The van der Waals surface area contributed by atoms with Gasteiger partial charge in [-0.15, -0.1) is 25.3 Å². The second-order valence-electron chi connectivity index (χ2n) is 1.91. The van der Waals surface area contributed by atoms with Gasteiger partial charge in [-0.3, -0.25) is 10.1 Å². The molecule has 0 aromatic carbocycles. The summed E-state index contributed by atoms with van der Waals surface area (Å²) in [5, 5.41) is 2.46. The molecule has 0 aromatic heterocycles. The van der Waals surface area contributed by atoms with Crippen molar-refractivity contribution in [3.63, 3.8) is 0 Å². The Balaban J connectivity index is 3.39. The van der Waals surface area contributed by atoms with Crippen molar-refractivity contribution in [1.82, 2.24) is 0 Å². The molecule has 0 amide bonds. The first kappa shape index (κ1) is 9.36. The Bertz CT molecular complexity index is 80.9. The molecule has 0 aromatic rings. The molecule has 0 fully saturated rings. The lowest BCUT2D eigenvalue weighted by atomic mass is 10.7. The Labute approximate surface area is 65.5 Å². The molecule has 0 aliphatic rings. The van der Waals surface area contributed by atoms with Gasteiger partial charge >= 0.3 is 13.0 Å². The molecule has 0 N–H and O–H groups in total. The lowest BCUT2D eigenvalue weighted by Crippen LogP contribution is -2.02. The third-order valence-corrected chi connectivity index (χ3v) is 6.73. The third kappa shape index (κ3) is 4.84. The molecule has 0 spiro atoms. The molecule has 0 saturated heterocycles. The van der Waals surface area contributed by atoms with Crippen molar-refractivity contribution in [3.05, 3.63) is 25.3 Å². The molecule has 50 valence electrons. The van der Waals surface area contributed by atoms with Crippen LogP contribution in [0.1, 0.15) is 0 Å². The van der Waals surface area contributed by atoms with E-state index < -0.39 is 13.0 Å². The Morgan fingerprint density at radius 2 is 1.78 bits per heavy atom. The fourth-order valence-corrected chi connectivity index (χ4v) is 3.95. The Morgan fingerprint density at radius 1 is 1.33 bits per heavy atom. The second-order valence-corrected chi connectivity index (χ2v) is 7.98. The fourth-order valence-electron chi connectivity index (χ4n) is 0.660. The van der Waals surface area contributed by atoms with Crippen LogP contribution in [0, 0.1) is 0 Å². The van der Waals surface area contributed by atoms with Gasteiger partial charge in [-0.2, -0.15) is 0 Å². The zero-order chi connectivity index (χ0) is 7.11. The van der Waals surface area contributed by atoms with E-state index in [2.05, 4.69) is 19.4 Å². The monoisotopic (exact) mass is 156 g/mol. The van der Waals surface area contributed by atoms with Gasteiger partial charge in [-0.1, -0.05) is 10.6 Å². The van der Waals surface area contributed by atoms with Gasteiger partial charge in [0.15, 0.2) is 0 Å². The number of allylic oxidation sites excluding steroid dienone is 2. The highest BCUT2D eigenvalue weighted by atomic mass is 32.3.